The number of nitrogen functional groups attached to an aromatic ring is 1. The first-order valence-corrected chi connectivity index (χ1v) is 4.66. The van der Waals surface area contributed by atoms with Crippen molar-refractivity contribution in [2.24, 2.45) is 0 Å². The number of ether oxygens (including phenoxy) is 1. The molecular formula is C10H12ClNO2. The zero-order valence-electron chi connectivity index (χ0n) is 8.13. The molecule has 2 N–H and O–H groups in total. The third-order valence-corrected chi connectivity index (χ3v) is 2.23. The summed E-state index contributed by atoms with van der Waals surface area (Å²) in [5, 5.41) is 0.551. The number of nitrogens with two attached hydrogens (primary N) is 1. The molecule has 0 saturated heterocycles. The molecule has 0 bridgehead atoms. The van der Waals surface area contributed by atoms with Crippen molar-refractivity contribution in [2.75, 3.05) is 12.3 Å². The lowest BCUT2D eigenvalue weighted by Gasteiger charge is -2.07. The fraction of sp³-hybridized carbons (Fsp3) is 0.300. The molecule has 14 heavy (non-hydrogen) atoms. The van der Waals surface area contributed by atoms with Crippen molar-refractivity contribution in [3.05, 3.63) is 28.3 Å². The lowest BCUT2D eigenvalue weighted by molar-refractivity contribution is 0.0527. The van der Waals surface area contributed by atoms with E-state index in [1.54, 1.807) is 19.1 Å². The third-order valence-electron chi connectivity index (χ3n) is 1.83. The van der Waals surface area contributed by atoms with Crippen LogP contribution in [0.1, 0.15) is 22.8 Å². The minimum Gasteiger partial charge on any atom is -0.462 e. The van der Waals surface area contributed by atoms with Gasteiger partial charge in [-0.25, -0.2) is 4.79 Å². The van der Waals surface area contributed by atoms with Crippen molar-refractivity contribution in [1.29, 1.82) is 0 Å². The van der Waals surface area contributed by atoms with E-state index in [-0.39, 0.29) is 0 Å². The normalized spacial score (nSPS) is 9.93. The summed E-state index contributed by atoms with van der Waals surface area (Å²) >= 11 is 5.84. The standard InChI is InChI=1S/C10H12ClNO2/c1-3-14-10(13)7-4-6(2)8(11)5-9(7)12/h4-5H,3,12H2,1-2H3. The Balaban J connectivity index is 3.09. The summed E-state index contributed by atoms with van der Waals surface area (Å²) < 4.78 is 4.84. The molecule has 0 aliphatic rings. The van der Waals surface area contributed by atoms with Crippen molar-refractivity contribution < 1.29 is 9.53 Å². The van der Waals surface area contributed by atoms with Crippen LogP contribution >= 0.6 is 11.6 Å². The van der Waals surface area contributed by atoms with Gasteiger partial charge in [0.2, 0.25) is 0 Å². The number of rotatable bonds is 2. The van der Waals surface area contributed by atoms with Crippen molar-refractivity contribution >= 4 is 23.3 Å². The van der Waals surface area contributed by atoms with Gasteiger partial charge in [-0.3, -0.25) is 0 Å². The molecule has 1 rings (SSSR count). The molecule has 0 atom stereocenters. The van der Waals surface area contributed by atoms with E-state index >= 15 is 0 Å². The fourth-order valence-corrected chi connectivity index (χ4v) is 1.25. The van der Waals surface area contributed by atoms with E-state index in [0.717, 1.165) is 5.56 Å². The van der Waals surface area contributed by atoms with Crippen LogP contribution in [0.4, 0.5) is 5.69 Å². The quantitative estimate of drug-likeness (QED) is 0.606. The van der Waals surface area contributed by atoms with Gasteiger partial charge in [-0.1, -0.05) is 11.6 Å². The molecule has 4 heteroatoms. The summed E-state index contributed by atoms with van der Waals surface area (Å²) in [5.74, 6) is -0.412. The molecule has 0 unspecified atom stereocenters. The number of hydrogen-bond acceptors (Lipinski definition) is 3. The van der Waals surface area contributed by atoms with Gasteiger partial charge in [0, 0.05) is 10.7 Å². The van der Waals surface area contributed by atoms with Gasteiger partial charge in [0.1, 0.15) is 0 Å². The predicted molar refractivity (Wildman–Crippen MR) is 56.6 cm³/mol. The first kappa shape index (κ1) is 10.9. The maximum absolute atomic E-state index is 11.4. The topological polar surface area (TPSA) is 52.3 Å². The number of hydrogen-bond donors (Lipinski definition) is 1. The van der Waals surface area contributed by atoms with Gasteiger partial charge in [0.15, 0.2) is 0 Å². The molecule has 0 radical (unpaired) electrons. The lowest BCUT2D eigenvalue weighted by Crippen LogP contribution is -2.08. The minimum absolute atomic E-state index is 0.333. The largest absolute Gasteiger partial charge is 0.462 e. The Morgan fingerprint density at radius 2 is 2.21 bits per heavy atom. The molecular weight excluding hydrogens is 202 g/mol. The van der Waals surface area contributed by atoms with Gasteiger partial charge in [0.25, 0.3) is 0 Å². The van der Waals surface area contributed by atoms with Crippen LogP contribution in [0.2, 0.25) is 5.02 Å². The highest BCUT2D eigenvalue weighted by Crippen LogP contribution is 2.23. The third kappa shape index (κ3) is 2.17. The highest BCUT2D eigenvalue weighted by molar-refractivity contribution is 6.31. The number of anilines is 1. The summed E-state index contributed by atoms with van der Waals surface area (Å²) in [5.41, 5.74) is 7.16. The summed E-state index contributed by atoms with van der Waals surface area (Å²) in [4.78, 5) is 11.4. The van der Waals surface area contributed by atoms with Gasteiger partial charge in [-0.15, -0.1) is 0 Å². The van der Waals surface area contributed by atoms with Crippen LogP contribution < -0.4 is 5.73 Å². The molecule has 0 aliphatic carbocycles. The Morgan fingerprint density at radius 3 is 2.79 bits per heavy atom. The maximum Gasteiger partial charge on any atom is 0.340 e. The SMILES string of the molecule is CCOC(=O)c1cc(C)c(Cl)cc1N. The Hall–Kier alpha value is -1.22. The molecule has 0 amide bonds. The van der Waals surface area contributed by atoms with Crippen molar-refractivity contribution in [3.63, 3.8) is 0 Å². The number of carbonyl (C=O) groups is 1. The highest BCUT2D eigenvalue weighted by atomic mass is 35.5. The zero-order chi connectivity index (χ0) is 10.7. The summed E-state index contributed by atoms with van der Waals surface area (Å²) in [6, 6.07) is 3.19. The van der Waals surface area contributed by atoms with Gasteiger partial charge in [-0.2, -0.15) is 0 Å². The zero-order valence-corrected chi connectivity index (χ0v) is 8.89. The Kier molecular flexibility index (Phi) is 3.36. The number of carbonyl (C=O) groups excluding carboxylic acids is 1. The highest BCUT2D eigenvalue weighted by Gasteiger charge is 2.12. The maximum atomic E-state index is 11.4. The average Bonchev–Trinajstić information content (AvgIpc) is 2.11. The van der Waals surface area contributed by atoms with Crippen molar-refractivity contribution in [2.45, 2.75) is 13.8 Å². The van der Waals surface area contributed by atoms with Gasteiger partial charge in [0.05, 0.1) is 12.2 Å². The monoisotopic (exact) mass is 213 g/mol. The molecule has 0 heterocycles. The number of aryl methyl sites for hydroxylation is 1. The second-order valence-corrected chi connectivity index (χ2v) is 3.32. The van der Waals surface area contributed by atoms with Crippen LogP contribution in [-0.2, 0) is 4.74 Å². The first-order valence-electron chi connectivity index (χ1n) is 4.29. The van der Waals surface area contributed by atoms with E-state index in [9.17, 15) is 4.79 Å². The summed E-state index contributed by atoms with van der Waals surface area (Å²) in [6.45, 7) is 3.89. The first-order chi connectivity index (χ1) is 6.56. The smallest absolute Gasteiger partial charge is 0.340 e. The number of benzene rings is 1. The van der Waals surface area contributed by atoms with E-state index < -0.39 is 5.97 Å². The van der Waals surface area contributed by atoms with E-state index in [1.807, 2.05) is 6.92 Å². The van der Waals surface area contributed by atoms with Crippen LogP contribution in [0.3, 0.4) is 0 Å². The molecule has 1 aromatic carbocycles. The molecule has 0 spiro atoms. The van der Waals surface area contributed by atoms with Gasteiger partial charge in [-0.05, 0) is 31.5 Å². The summed E-state index contributed by atoms with van der Waals surface area (Å²) in [6.07, 6.45) is 0. The molecule has 0 saturated carbocycles. The van der Waals surface area contributed by atoms with Crippen molar-refractivity contribution in [1.82, 2.24) is 0 Å². The second kappa shape index (κ2) is 4.33. The molecule has 0 fully saturated rings. The number of esters is 1. The molecule has 1 aromatic rings. The van der Waals surface area contributed by atoms with Crippen LogP contribution in [0.15, 0.2) is 12.1 Å². The van der Waals surface area contributed by atoms with Crippen LogP contribution in [-0.4, -0.2) is 12.6 Å². The number of halogens is 1. The van der Waals surface area contributed by atoms with E-state index in [0.29, 0.717) is 22.9 Å². The fourth-order valence-electron chi connectivity index (χ4n) is 1.08. The van der Waals surface area contributed by atoms with Crippen LogP contribution in [0.5, 0.6) is 0 Å². The van der Waals surface area contributed by atoms with Crippen LogP contribution in [0.25, 0.3) is 0 Å². The molecule has 76 valence electrons. The molecule has 0 aromatic heterocycles. The Labute approximate surface area is 87.8 Å². The Bertz CT molecular complexity index is 363. The Morgan fingerprint density at radius 1 is 1.57 bits per heavy atom. The summed E-state index contributed by atoms with van der Waals surface area (Å²) in [7, 11) is 0. The minimum atomic E-state index is -0.412. The van der Waals surface area contributed by atoms with Crippen LogP contribution in [0, 0.1) is 6.92 Å². The van der Waals surface area contributed by atoms with Crippen molar-refractivity contribution in [3.8, 4) is 0 Å². The average molecular weight is 214 g/mol. The lowest BCUT2D eigenvalue weighted by atomic mass is 10.1. The van der Waals surface area contributed by atoms with E-state index in [4.69, 9.17) is 22.1 Å². The molecule has 3 nitrogen and oxygen atoms in total. The van der Waals surface area contributed by atoms with Gasteiger partial charge >= 0.3 is 5.97 Å². The molecule has 0 aliphatic heterocycles. The van der Waals surface area contributed by atoms with Gasteiger partial charge < -0.3 is 10.5 Å². The van der Waals surface area contributed by atoms with E-state index in [2.05, 4.69) is 0 Å². The van der Waals surface area contributed by atoms with E-state index in [1.165, 1.54) is 0 Å². The second-order valence-electron chi connectivity index (χ2n) is 2.91. The predicted octanol–water partition coefficient (Wildman–Crippen LogP) is 2.41.